The molecule has 25 heavy (non-hydrogen) atoms. The molecular weight excluding hydrogens is 316 g/mol. The summed E-state index contributed by atoms with van der Waals surface area (Å²) in [4.78, 5) is 6.75. The standard InChI is InChI=1S/C19H28N4O2/c1-5-20-19(21-13-17-10-7-11-25-17)22-14-18(23(2)3)15-8-6-9-16(12-15)24-4/h6-12,18H,5,13-14H2,1-4H3,(H2,20,21,22). The van der Waals surface area contributed by atoms with Gasteiger partial charge in [-0.1, -0.05) is 12.1 Å². The van der Waals surface area contributed by atoms with Crippen LogP contribution in [0.3, 0.4) is 0 Å². The minimum Gasteiger partial charge on any atom is -0.497 e. The first-order valence-corrected chi connectivity index (χ1v) is 8.49. The highest BCUT2D eigenvalue weighted by Crippen LogP contribution is 2.22. The summed E-state index contributed by atoms with van der Waals surface area (Å²) < 4.78 is 10.7. The van der Waals surface area contributed by atoms with Gasteiger partial charge < -0.3 is 24.7 Å². The number of hydrogen-bond donors (Lipinski definition) is 2. The molecule has 6 heteroatoms. The zero-order valence-corrected chi connectivity index (χ0v) is 15.5. The first kappa shape index (κ1) is 18.9. The molecular formula is C19H28N4O2. The topological polar surface area (TPSA) is 62.0 Å². The van der Waals surface area contributed by atoms with Crippen molar-refractivity contribution in [3.05, 3.63) is 54.0 Å². The molecule has 0 aliphatic heterocycles. The van der Waals surface area contributed by atoms with Crippen LogP contribution in [-0.2, 0) is 6.54 Å². The highest BCUT2D eigenvalue weighted by atomic mass is 16.5. The molecule has 0 bridgehead atoms. The Balaban J connectivity index is 2.05. The van der Waals surface area contributed by atoms with Crippen molar-refractivity contribution in [1.82, 2.24) is 15.5 Å². The number of rotatable bonds is 8. The predicted molar refractivity (Wildman–Crippen MR) is 101 cm³/mol. The number of guanidine groups is 1. The number of benzene rings is 1. The maximum absolute atomic E-state index is 5.34. The Morgan fingerprint density at radius 3 is 2.72 bits per heavy atom. The number of ether oxygens (including phenoxy) is 1. The molecule has 2 N–H and O–H groups in total. The summed E-state index contributed by atoms with van der Waals surface area (Å²) in [5.74, 6) is 2.48. The van der Waals surface area contributed by atoms with E-state index in [1.165, 1.54) is 5.56 Å². The van der Waals surface area contributed by atoms with Crippen LogP contribution in [0.5, 0.6) is 5.75 Å². The average molecular weight is 344 g/mol. The summed E-state index contributed by atoms with van der Waals surface area (Å²) in [6, 6.07) is 12.1. The van der Waals surface area contributed by atoms with Crippen molar-refractivity contribution >= 4 is 5.96 Å². The number of methoxy groups -OCH3 is 1. The second-order valence-electron chi connectivity index (χ2n) is 5.91. The molecule has 1 aromatic heterocycles. The van der Waals surface area contributed by atoms with Crippen molar-refractivity contribution in [2.45, 2.75) is 19.5 Å². The van der Waals surface area contributed by atoms with Crippen LogP contribution in [0.15, 0.2) is 52.1 Å². The van der Waals surface area contributed by atoms with Gasteiger partial charge in [0.1, 0.15) is 18.1 Å². The van der Waals surface area contributed by atoms with E-state index in [1.807, 2.05) is 24.3 Å². The van der Waals surface area contributed by atoms with Crippen LogP contribution in [0, 0.1) is 0 Å². The van der Waals surface area contributed by atoms with Gasteiger partial charge in [-0.25, -0.2) is 4.99 Å². The lowest BCUT2D eigenvalue weighted by molar-refractivity contribution is 0.297. The normalized spacial score (nSPS) is 12.9. The fourth-order valence-corrected chi connectivity index (χ4v) is 2.54. The van der Waals surface area contributed by atoms with Crippen LogP contribution < -0.4 is 15.4 Å². The molecule has 0 fully saturated rings. The highest BCUT2D eigenvalue weighted by Gasteiger charge is 2.15. The van der Waals surface area contributed by atoms with Gasteiger partial charge in [-0.3, -0.25) is 0 Å². The quantitative estimate of drug-likeness (QED) is 0.569. The lowest BCUT2D eigenvalue weighted by Gasteiger charge is -2.26. The van der Waals surface area contributed by atoms with Crippen LogP contribution >= 0.6 is 0 Å². The van der Waals surface area contributed by atoms with Gasteiger partial charge in [0, 0.05) is 13.1 Å². The van der Waals surface area contributed by atoms with Crippen molar-refractivity contribution in [3.63, 3.8) is 0 Å². The Morgan fingerprint density at radius 1 is 1.24 bits per heavy atom. The summed E-state index contributed by atoms with van der Waals surface area (Å²) in [5.41, 5.74) is 1.19. The molecule has 1 aromatic carbocycles. The first-order valence-electron chi connectivity index (χ1n) is 8.49. The van der Waals surface area contributed by atoms with E-state index in [4.69, 9.17) is 9.15 Å². The maximum Gasteiger partial charge on any atom is 0.191 e. The van der Waals surface area contributed by atoms with E-state index >= 15 is 0 Å². The molecule has 0 saturated heterocycles. The summed E-state index contributed by atoms with van der Waals surface area (Å²) >= 11 is 0. The van der Waals surface area contributed by atoms with Gasteiger partial charge in [-0.2, -0.15) is 0 Å². The summed E-state index contributed by atoms with van der Waals surface area (Å²) in [6.45, 7) is 4.09. The monoisotopic (exact) mass is 344 g/mol. The second-order valence-corrected chi connectivity index (χ2v) is 5.91. The largest absolute Gasteiger partial charge is 0.497 e. The SMILES string of the molecule is CCNC(=NCc1ccco1)NCC(c1cccc(OC)c1)N(C)C. The molecule has 0 aliphatic carbocycles. The number of furan rings is 1. The zero-order chi connectivity index (χ0) is 18.1. The van der Waals surface area contributed by atoms with Crippen molar-refractivity contribution < 1.29 is 9.15 Å². The molecule has 136 valence electrons. The summed E-state index contributed by atoms with van der Waals surface area (Å²) in [5, 5.41) is 6.68. The third-order valence-electron chi connectivity index (χ3n) is 3.88. The first-order chi connectivity index (χ1) is 12.1. The number of nitrogens with zero attached hydrogens (tertiary/aromatic N) is 2. The number of aliphatic imine (C=N–C) groups is 1. The molecule has 0 saturated carbocycles. The van der Waals surface area contributed by atoms with Crippen LogP contribution in [0.2, 0.25) is 0 Å². The summed E-state index contributed by atoms with van der Waals surface area (Å²) in [7, 11) is 5.82. The van der Waals surface area contributed by atoms with E-state index in [2.05, 4.69) is 53.7 Å². The minimum atomic E-state index is 0.197. The van der Waals surface area contributed by atoms with Crippen LogP contribution in [0.4, 0.5) is 0 Å². The van der Waals surface area contributed by atoms with Gasteiger partial charge in [0.15, 0.2) is 5.96 Å². The maximum atomic E-state index is 5.34. The Labute approximate surface area is 149 Å². The van der Waals surface area contributed by atoms with E-state index in [0.29, 0.717) is 6.54 Å². The van der Waals surface area contributed by atoms with Crippen molar-refractivity contribution in [2.75, 3.05) is 34.3 Å². The Kier molecular flexibility index (Phi) is 7.35. The molecule has 0 amide bonds. The van der Waals surface area contributed by atoms with Gasteiger partial charge in [0.25, 0.3) is 0 Å². The van der Waals surface area contributed by atoms with Crippen LogP contribution in [0.1, 0.15) is 24.3 Å². The molecule has 0 radical (unpaired) electrons. The summed E-state index contributed by atoms with van der Waals surface area (Å²) in [6.07, 6.45) is 1.66. The smallest absolute Gasteiger partial charge is 0.191 e. The molecule has 6 nitrogen and oxygen atoms in total. The number of nitrogens with one attached hydrogen (secondary N) is 2. The second kappa shape index (κ2) is 9.74. The Hall–Kier alpha value is -2.47. The molecule has 2 aromatic rings. The minimum absolute atomic E-state index is 0.197. The van der Waals surface area contributed by atoms with Crippen LogP contribution in [-0.4, -0.2) is 45.2 Å². The average Bonchev–Trinajstić information content (AvgIpc) is 3.13. The fourth-order valence-electron chi connectivity index (χ4n) is 2.54. The molecule has 2 rings (SSSR count). The van der Waals surface area contributed by atoms with E-state index in [1.54, 1.807) is 13.4 Å². The van der Waals surface area contributed by atoms with E-state index in [9.17, 15) is 0 Å². The number of hydrogen-bond acceptors (Lipinski definition) is 4. The number of likely N-dealkylation sites (N-methyl/N-ethyl adjacent to an activating group) is 1. The van der Waals surface area contributed by atoms with E-state index in [-0.39, 0.29) is 6.04 Å². The van der Waals surface area contributed by atoms with Gasteiger partial charge in [0.05, 0.1) is 19.4 Å². The molecule has 1 atom stereocenters. The van der Waals surface area contributed by atoms with Gasteiger partial charge in [0.2, 0.25) is 0 Å². The fraction of sp³-hybridized carbons (Fsp3) is 0.421. The van der Waals surface area contributed by atoms with Gasteiger partial charge in [-0.15, -0.1) is 0 Å². The van der Waals surface area contributed by atoms with Crippen molar-refractivity contribution in [3.8, 4) is 5.75 Å². The van der Waals surface area contributed by atoms with Crippen LogP contribution in [0.25, 0.3) is 0 Å². The highest BCUT2D eigenvalue weighted by molar-refractivity contribution is 5.79. The zero-order valence-electron chi connectivity index (χ0n) is 15.5. The Bertz CT molecular complexity index is 653. The van der Waals surface area contributed by atoms with Crippen molar-refractivity contribution in [1.29, 1.82) is 0 Å². The third-order valence-corrected chi connectivity index (χ3v) is 3.88. The van der Waals surface area contributed by atoms with E-state index in [0.717, 1.165) is 30.6 Å². The van der Waals surface area contributed by atoms with E-state index < -0.39 is 0 Å². The molecule has 0 spiro atoms. The van der Waals surface area contributed by atoms with Gasteiger partial charge in [-0.05, 0) is 50.8 Å². The lowest BCUT2D eigenvalue weighted by atomic mass is 10.1. The predicted octanol–water partition coefficient (Wildman–Crippen LogP) is 2.65. The molecule has 0 aliphatic rings. The molecule has 1 unspecified atom stereocenters. The lowest BCUT2D eigenvalue weighted by Crippen LogP contribution is -2.41. The van der Waals surface area contributed by atoms with Crippen molar-refractivity contribution in [2.24, 2.45) is 4.99 Å². The Morgan fingerprint density at radius 2 is 2.08 bits per heavy atom. The van der Waals surface area contributed by atoms with Gasteiger partial charge >= 0.3 is 0 Å². The molecule has 1 heterocycles. The third kappa shape index (κ3) is 5.83.